The zero-order valence-electron chi connectivity index (χ0n) is 9.75. The monoisotopic (exact) mass is 205 g/mol. The van der Waals surface area contributed by atoms with E-state index in [2.05, 4.69) is 6.07 Å². The summed E-state index contributed by atoms with van der Waals surface area (Å²) in [4.78, 5) is 0. The van der Waals surface area contributed by atoms with E-state index < -0.39 is 0 Å². The molecule has 0 unspecified atom stereocenters. The highest BCUT2D eigenvalue weighted by Crippen LogP contribution is 2.38. The SMILES string of the molecule is N#CC1CCC(C2CCCCCC2)CC1. The molecule has 0 aromatic rings. The highest BCUT2D eigenvalue weighted by Gasteiger charge is 2.27. The predicted molar refractivity (Wildman–Crippen MR) is 62.3 cm³/mol. The normalized spacial score (nSPS) is 34.3. The van der Waals surface area contributed by atoms with Crippen LogP contribution in [0, 0.1) is 29.1 Å². The van der Waals surface area contributed by atoms with Gasteiger partial charge in [0.1, 0.15) is 0 Å². The van der Waals surface area contributed by atoms with Crippen LogP contribution < -0.4 is 0 Å². The lowest BCUT2D eigenvalue weighted by Crippen LogP contribution is -2.21. The lowest BCUT2D eigenvalue weighted by atomic mass is 9.74. The summed E-state index contributed by atoms with van der Waals surface area (Å²) in [5, 5.41) is 8.88. The fraction of sp³-hybridized carbons (Fsp3) is 0.929. The molecule has 15 heavy (non-hydrogen) atoms. The van der Waals surface area contributed by atoms with Crippen molar-refractivity contribution in [2.45, 2.75) is 64.2 Å². The van der Waals surface area contributed by atoms with E-state index in [1.807, 2.05) is 0 Å². The summed E-state index contributed by atoms with van der Waals surface area (Å²) in [7, 11) is 0. The van der Waals surface area contributed by atoms with Crippen LogP contribution in [0.3, 0.4) is 0 Å². The van der Waals surface area contributed by atoms with Gasteiger partial charge < -0.3 is 0 Å². The lowest BCUT2D eigenvalue weighted by Gasteiger charge is -2.31. The van der Waals surface area contributed by atoms with Gasteiger partial charge in [0, 0.05) is 5.92 Å². The minimum atomic E-state index is 0.382. The molecule has 0 saturated heterocycles. The number of nitriles is 1. The van der Waals surface area contributed by atoms with E-state index in [1.54, 1.807) is 0 Å². The van der Waals surface area contributed by atoms with Crippen molar-refractivity contribution in [2.24, 2.45) is 17.8 Å². The number of hydrogen-bond acceptors (Lipinski definition) is 1. The summed E-state index contributed by atoms with van der Waals surface area (Å²) in [6.07, 6.45) is 13.8. The summed E-state index contributed by atoms with van der Waals surface area (Å²) in [5.74, 6) is 2.35. The average Bonchev–Trinajstić information content (AvgIpc) is 2.58. The van der Waals surface area contributed by atoms with Crippen LogP contribution in [0.25, 0.3) is 0 Å². The van der Waals surface area contributed by atoms with Gasteiger partial charge in [0.15, 0.2) is 0 Å². The molecular weight excluding hydrogens is 182 g/mol. The van der Waals surface area contributed by atoms with Crippen molar-refractivity contribution in [3.63, 3.8) is 0 Å². The van der Waals surface area contributed by atoms with Gasteiger partial charge in [-0.15, -0.1) is 0 Å². The number of rotatable bonds is 1. The molecule has 2 aliphatic carbocycles. The van der Waals surface area contributed by atoms with Gasteiger partial charge in [-0.2, -0.15) is 5.26 Å². The third-order valence-corrected chi connectivity index (χ3v) is 4.52. The van der Waals surface area contributed by atoms with Crippen LogP contribution >= 0.6 is 0 Å². The minimum absolute atomic E-state index is 0.382. The third-order valence-electron chi connectivity index (χ3n) is 4.52. The summed E-state index contributed by atoms with van der Waals surface area (Å²) < 4.78 is 0. The quantitative estimate of drug-likeness (QED) is 0.586. The van der Waals surface area contributed by atoms with Gasteiger partial charge in [0.05, 0.1) is 6.07 Å². The Morgan fingerprint density at radius 2 is 1.20 bits per heavy atom. The second-order valence-electron chi connectivity index (χ2n) is 5.49. The second kappa shape index (κ2) is 5.54. The topological polar surface area (TPSA) is 23.8 Å². The Hall–Kier alpha value is -0.510. The Kier molecular flexibility index (Phi) is 4.06. The van der Waals surface area contributed by atoms with Gasteiger partial charge in [0.25, 0.3) is 0 Å². The Bertz CT molecular complexity index is 212. The Balaban J connectivity index is 1.81. The summed E-state index contributed by atoms with van der Waals surface area (Å²) in [5.41, 5.74) is 0. The van der Waals surface area contributed by atoms with Crippen LogP contribution in [0.2, 0.25) is 0 Å². The molecule has 0 spiro atoms. The molecule has 2 aliphatic rings. The molecule has 2 rings (SSSR count). The van der Waals surface area contributed by atoms with Crippen LogP contribution in [0.5, 0.6) is 0 Å². The smallest absolute Gasteiger partial charge is 0.0655 e. The molecule has 0 atom stereocenters. The van der Waals surface area contributed by atoms with E-state index in [0.29, 0.717) is 5.92 Å². The molecule has 1 heteroatoms. The molecule has 0 aromatic heterocycles. The van der Waals surface area contributed by atoms with Gasteiger partial charge in [-0.3, -0.25) is 0 Å². The molecule has 0 radical (unpaired) electrons. The van der Waals surface area contributed by atoms with Crippen molar-refractivity contribution in [1.82, 2.24) is 0 Å². The summed E-state index contributed by atoms with van der Waals surface area (Å²) in [6.45, 7) is 0. The van der Waals surface area contributed by atoms with E-state index in [4.69, 9.17) is 5.26 Å². The molecular formula is C14H23N. The van der Waals surface area contributed by atoms with Crippen LogP contribution in [-0.2, 0) is 0 Å². The van der Waals surface area contributed by atoms with E-state index >= 15 is 0 Å². The van der Waals surface area contributed by atoms with Crippen molar-refractivity contribution in [2.75, 3.05) is 0 Å². The maximum Gasteiger partial charge on any atom is 0.0655 e. The Labute approximate surface area is 93.9 Å². The first-order valence-corrected chi connectivity index (χ1v) is 6.80. The minimum Gasteiger partial charge on any atom is -0.198 e. The van der Waals surface area contributed by atoms with Crippen molar-refractivity contribution < 1.29 is 0 Å². The standard InChI is InChI=1S/C14H23N/c15-11-12-7-9-14(10-8-12)13-5-3-1-2-4-6-13/h12-14H,1-10H2. The first kappa shape index (κ1) is 11.0. The Morgan fingerprint density at radius 1 is 0.667 bits per heavy atom. The fourth-order valence-corrected chi connectivity index (χ4v) is 3.50. The number of nitrogens with zero attached hydrogens (tertiary/aromatic N) is 1. The average molecular weight is 205 g/mol. The first-order chi connectivity index (χ1) is 7.40. The van der Waals surface area contributed by atoms with Crippen LogP contribution in [0.1, 0.15) is 64.2 Å². The Morgan fingerprint density at radius 3 is 1.73 bits per heavy atom. The van der Waals surface area contributed by atoms with E-state index in [9.17, 15) is 0 Å². The highest BCUT2D eigenvalue weighted by molar-refractivity contribution is 4.88. The fourth-order valence-electron chi connectivity index (χ4n) is 3.50. The van der Waals surface area contributed by atoms with Crippen molar-refractivity contribution in [1.29, 1.82) is 5.26 Å². The zero-order chi connectivity index (χ0) is 10.5. The van der Waals surface area contributed by atoms with Gasteiger partial charge in [0.2, 0.25) is 0 Å². The predicted octanol–water partition coefficient (Wildman–Crippen LogP) is 4.29. The van der Waals surface area contributed by atoms with Gasteiger partial charge in [-0.25, -0.2) is 0 Å². The first-order valence-electron chi connectivity index (χ1n) is 6.80. The van der Waals surface area contributed by atoms with Crippen molar-refractivity contribution >= 4 is 0 Å². The molecule has 84 valence electrons. The number of hydrogen-bond donors (Lipinski definition) is 0. The molecule has 2 saturated carbocycles. The second-order valence-corrected chi connectivity index (χ2v) is 5.49. The largest absolute Gasteiger partial charge is 0.198 e. The van der Waals surface area contributed by atoms with E-state index in [1.165, 1.54) is 64.2 Å². The third kappa shape index (κ3) is 2.97. The molecule has 2 fully saturated rings. The molecule has 0 aromatic carbocycles. The highest BCUT2D eigenvalue weighted by atomic mass is 14.3. The van der Waals surface area contributed by atoms with Crippen LogP contribution in [0.4, 0.5) is 0 Å². The van der Waals surface area contributed by atoms with Crippen LogP contribution in [-0.4, -0.2) is 0 Å². The van der Waals surface area contributed by atoms with E-state index in [0.717, 1.165) is 11.8 Å². The van der Waals surface area contributed by atoms with Gasteiger partial charge in [-0.05, 0) is 37.5 Å². The molecule has 0 N–H and O–H groups in total. The van der Waals surface area contributed by atoms with Gasteiger partial charge in [-0.1, -0.05) is 38.5 Å². The maximum atomic E-state index is 8.88. The summed E-state index contributed by atoms with van der Waals surface area (Å²) >= 11 is 0. The maximum absolute atomic E-state index is 8.88. The van der Waals surface area contributed by atoms with E-state index in [-0.39, 0.29) is 0 Å². The summed E-state index contributed by atoms with van der Waals surface area (Å²) in [6, 6.07) is 2.44. The van der Waals surface area contributed by atoms with Gasteiger partial charge >= 0.3 is 0 Å². The lowest BCUT2D eigenvalue weighted by molar-refractivity contribution is 0.208. The van der Waals surface area contributed by atoms with Crippen LogP contribution in [0.15, 0.2) is 0 Å². The zero-order valence-corrected chi connectivity index (χ0v) is 9.75. The molecule has 0 bridgehead atoms. The molecule has 1 nitrogen and oxygen atoms in total. The van der Waals surface area contributed by atoms with Crippen molar-refractivity contribution in [3.05, 3.63) is 0 Å². The molecule has 0 aliphatic heterocycles. The molecule has 0 amide bonds. The molecule has 0 heterocycles. The van der Waals surface area contributed by atoms with Crippen molar-refractivity contribution in [3.8, 4) is 6.07 Å².